The number of aromatic nitrogens is 2. The SMILES string of the molecule is CNC(Cc1ccncc1)Cc1nc(C(C)(C)C)cs1. The highest BCUT2D eigenvalue weighted by molar-refractivity contribution is 7.09. The minimum atomic E-state index is 0.134. The molecule has 0 aliphatic rings. The predicted molar refractivity (Wildman–Crippen MR) is 85.3 cm³/mol. The summed E-state index contributed by atoms with van der Waals surface area (Å²) in [5.74, 6) is 0. The third kappa shape index (κ3) is 4.12. The molecule has 2 aromatic heterocycles. The Labute approximate surface area is 125 Å². The fourth-order valence-corrected chi connectivity index (χ4v) is 3.14. The van der Waals surface area contributed by atoms with Gasteiger partial charge >= 0.3 is 0 Å². The van der Waals surface area contributed by atoms with Crippen molar-refractivity contribution in [1.82, 2.24) is 15.3 Å². The second-order valence-corrected chi connectivity index (χ2v) is 7.07. The Hall–Kier alpha value is -1.26. The molecule has 0 aliphatic heterocycles. The van der Waals surface area contributed by atoms with Crippen molar-refractivity contribution in [2.45, 2.75) is 45.1 Å². The van der Waals surface area contributed by atoms with Gasteiger partial charge < -0.3 is 5.32 Å². The molecule has 0 aromatic carbocycles. The zero-order chi connectivity index (χ0) is 14.6. The molecule has 0 saturated carbocycles. The average molecular weight is 289 g/mol. The number of rotatable bonds is 5. The van der Waals surface area contributed by atoms with Crippen molar-refractivity contribution in [1.29, 1.82) is 0 Å². The molecule has 0 spiro atoms. The van der Waals surface area contributed by atoms with Gasteiger partial charge in [0.25, 0.3) is 0 Å². The van der Waals surface area contributed by atoms with Gasteiger partial charge in [-0.2, -0.15) is 0 Å². The summed E-state index contributed by atoms with van der Waals surface area (Å²) in [5.41, 5.74) is 2.64. The molecule has 0 aliphatic carbocycles. The van der Waals surface area contributed by atoms with Crippen molar-refractivity contribution in [3.05, 3.63) is 46.2 Å². The van der Waals surface area contributed by atoms with E-state index >= 15 is 0 Å². The lowest BCUT2D eigenvalue weighted by Crippen LogP contribution is -2.30. The fourth-order valence-electron chi connectivity index (χ4n) is 2.04. The van der Waals surface area contributed by atoms with Crippen molar-refractivity contribution < 1.29 is 0 Å². The summed E-state index contributed by atoms with van der Waals surface area (Å²) < 4.78 is 0. The lowest BCUT2D eigenvalue weighted by Gasteiger charge is -2.16. The lowest BCUT2D eigenvalue weighted by molar-refractivity contribution is 0.544. The molecule has 0 fully saturated rings. The molecule has 1 atom stereocenters. The van der Waals surface area contributed by atoms with Gasteiger partial charge in [0.05, 0.1) is 10.7 Å². The molecule has 0 amide bonds. The van der Waals surface area contributed by atoms with E-state index in [-0.39, 0.29) is 5.41 Å². The maximum absolute atomic E-state index is 4.78. The standard InChI is InChI=1S/C16H23N3S/c1-16(2,3)14-11-20-15(19-14)10-13(17-4)9-12-5-7-18-8-6-12/h5-8,11,13,17H,9-10H2,1-4H3. The molecule has 0 saturated heterocycles. The van der Waals surface area contributed by atoms with E-state index in [1.807, 2.05) is 19.4 Å². The van der Waals surface area contributed by atoms with Gasteiger partial charge in [0.2, 0.25) is 0 Å². The average Bonchev–Trinajstić information content (AvgIpc) is 2.87. The summed E-state index contributed by atoms with van der Waals surface area (Å²) in [4.78, 5) is 8.84. The van der Waals surface area contributed by atoms with E-state index in [1.54, 1.807) is 11.3 Å². The largest absolute Gasteiger partial charge is 0.316 e. The van der Waals surface area contributed by atoms with Crippen molar-refractivity contribution in [3.8, 4) is 0 Å². The molecule has 20 heavy (non-hydrogen) atoms. The minimum absolute atomic E-state index is 0.134. The molecule has 2 heterocycles. The molecule has 108 valence electrons. The highest BCUT2D eigenvalue weighted by Gasteiger charge is 2.18. The first-order valence-corrected chi connectivity index (χ1v) is 7.88. The Morgan fingerprint density at radius 2 is 1.90 bits per heavy atom. The quantitative estimate of drug-likeness (QED) is 0.918. The minimum Gasteiger partial charge on any atom is -0.316 e. The molecular weight excluding hydrogens is 266 g/mol. The van der Waals surface area contributed by atoms with Crippen LogP contribution in [0, 0.1) is 0 Å². The second kappa shape index (κ2) is 6.46. The van der Waals surface area contributed by atoms with E-state index < -0.39 is 0 Å². The molecule has 0 bridgehead atoms. The van der Waals surface area contributed by atoms with Crippen LogP contribution in [0.1, 0.15) is 37.0 Å². The maximum Gasteiger partial charge on any atom is 0.0944 e. The Balaban J connectivity index is 2.01. The summed E-state index contributed by atoms with van der Waals surface area (Å²) in [7, 11) is 2.02. The van der Waals surface area contributed by atoms with E-state index in [9.17, 15) is 0 Å². The van der Waals surface area contributed by atoms with Gasteiger partial charge in [-0.3, -0.25) is 4.98 Å². The van der Waals surface area contributed by atoms with Gasteiger partial charge in [0.15, 0.2) is 0 Å². The molecule has 2 aromatic rings. The molecule has 3 nitrogen and oxygen atoms in total. The third-order valence-electron chi connectivity index (χ3n) is 3.38. The van der Waals surface area contributed by atoms with E-state index in [0.29, 0.717) is 6.04 Å². The third-order valence-corrected chi connectivity index (χ3v) is 4.25. The fraction of sp³-hybridized carbons (Fsp3) is 0.500. The molecule has 1 unspecified atom stereocenters. The second-order valence-electron chi connectivity index (χ2n) is 6.13. The van der Waals surface area contributed by atoms with Crippen LogP contribution in [-0.4, -0.2) is 23.1 Å². The van der Waals surface area contributed by atoms with Crippen LogP contribution >= 0.6 is 11.3 Å². The van der Waals surface area contributed by atoms with Crippen LogP contribution in [0.3, 0.4) is 0 Å². The number of pyridine rings is 1. The van der Waals surface area contributed by atoms with Crippen LogP contribution in [0.5, 0.6) is 0 Å². The Morgan fingerprint density at radius 3 is 2.45 bits per heavy atom. The van der Waals surface area contributed by atoms with Gasteiger partial charge in [-0.15, -0.1) is 11.3 Å². The highest BCUT2D eigenvalue weighted by atomic mass is 32.1. The van der Waals surface area contributed by atoms with Crippen LogP contribution in [0.4, 0.5) is 0 Å². The summed E-state index contributed by atoms with van der Waals surface area (Å²) in [5, 5.41) is 6.79. The Bertz CT molecular complexity index is 528. The van der Waals surface area contributed by atoms with Gasteiger partial charge in [0, 0.05) is 35.7 Å². The summed E-state index contributed by atoms with van der Waals surface area (Å²) in [6.07, 6.45) is 5.68. The van der Waals surface area contributed by atoms with Gasteiger partial charge in [-0.05, 0) is 31.2 Å². The van der Waals surface area contributed by atoms with Gasteiger partial charge in [-0.25, -0.2) is 4.98 Å². The van der Waals surface area contributed by atoms with Crippen LogP contribution in [-0.2, 0) is 18.3 Å². The zero-order valence-electron chi connectivity index (χ0n) is 12.7. The molecular formula is C16H23N3S. The van der Waals surface area contributed by atoms with E-state index in [4.69, 9.17) is 4.98 Å². The molecule has 1 N–H and O–H groups in total. The van der Waals surface area contributed by atoms with Crippen LogP contribution < -0.4 is 5.32 Å². The molecule has 4 heteroatoms. The van der Waals surface area contributed by atoms with E-state index in [1.165, 1.54) is 16.3 Å². The first kappa shape index (κ1) is 15.1. The Kier molecular flexibility index (Phi) is 4.89. The van der Waals surface area contributed by atoms with Crippen molar-refractivity contribution in [2.24, 2.45) is 0 Å². The normalized spacial score (nSPS) is 13.4. The van der Waals surface area contributed by atoms with Gasteiger partial charge in [-0.1, -0.05) is 20.8 Å². The number of hydrogen-bond donors (Lipinski definition) is 1. The number of thiazole rings is 1. The van der Waals surface area contributed by atoms with E-state index in [2.05, 4.69) is 48.6 Å². The number of likely N-dealkylation sites (N-methyl/N-ethyl adjacent to an activating group) is 1. The molecule has 0 radical (unpaired) electrons. The Morgan fingerprint density at radius 1 is 1.20 bits per heavy atom. The summed E-state index contributed by atoms with van der Waals surface area (Å²) in [6, 6.07) is 4.57. The summed E-state index contributed by atoms with van der Waals surface area (Å²) in [6.45, 7) is 6.62. The number of nitrogens with zero attached hydrogens (tertiary/aromatic N) is 2. The van der Waals surface area contributed by atoms with Crippen molar-refractivity contribution >= 4 is 11.3 Å². The topological polar surface area (TPSA) is 37.8 Å². The maximum atomic E-state index is 4.78. The highest BCUT2D eigenvalue weighted by Crippen LogP contribution is 2.24. The smallest absolute Gasteiger partial charge is 0.0944 e. The monoisotopic (exact) mass is 289 g/mol. The van der Waals surface area contributed by atoms with Crippen LogP contribution in [0.2, 0.25) is 0 Å². The lowest BCUT2D eigenvalue weighted by atomic mass is 9.93. The van der Waals surface area contributed by atoms with Crippen LogP contribution in [0.15, 0.2) is 29.9 Å². The van der Waals surface area contributed by atoms with E-state index in [0.717, 1.165) is 12.8 Å². The van der Waals surface area contributed by atoms with Crippen LogP contribution in [0.25, 0.3) is 0 Å². The first-order chi connectivity index (χ1) is 9.49. The molecule has 2 rings (SSSR count). The predicted octanol–water partition coefficient (Wildman–Crippen LogP) is 3.21. The number of hydrogen-bond acceptors (Lipinski definition) is 4. The number of nitrogens with one attached hydrogen (secondary N) is 1. The summed E-state index contributed by atoms with van der Waals surface area (Å²) >= 11 is 1.77. The van der Waals surface area contributed by atoms with Gasteiger partial charge in [0.1, 0.15) is 0 Å². The van der Waals surface area contributed by atoms with Crippen molar-refractivity contribution in [3.63, 3.8) is 0 Å². The van der Waals surface area contributed by atoms with Crippen molar-refractivity contribution in [2.75, 3.05) is 7.05 Å². The zero-order valence-corrected chi connectivity index (χ0v) is 13.5. The first-order valence-electron chi connectivity index (χ1n) is 7.00.